The number of nitrogens with one attached hydrogen (secondary N) is 3. The van der Waals surface area contributed by atoms with E-state index in [9.17, 15) is 19.5 Å². The number of hydrogen-bond acceptors (Lipinski definition) is 6. The van der Waals surface area contributed by atoms with E-state index in [1.54, 1.807) is 4.90 Å². The van der Waals surface area contributed by atoms with Gasteiger partial charge in [0.15, 0.2) is 0 Å². The number of nitrogens with zero attached hydrogens (tertiary/aromatic N) is 1. The van der Waals surface area contributed by atoms with Crippen molar-refractivity contribution in [3.05, 3.63) is 34.9 Å². The molecule has 3 atom stereocenters. The smallest absolute Gasteiger partial charge is 0.255 e. The lowest BCUT2D eigenvalue weighted by atomic mass is 9.88. The summed E-state index contributed by atoms with van der Waals surface area (Å²) in [6.45, 7) is 5.20. The summed E-state index contributed by atoms with van der Waals surface area (Å²) in [5.41, 5.74) is 1.86. The zero-order valence-corrected chi connectivity index (χ0v) is 16.7. The molecular formula is C21H28N4O4. The second-order valence-electron chi connectivity index (χ2n) is 8.45. The van der Waals surface area contributed by atoms with Gasteiger partial charge < -0.3 is 20.6 Å². The molecule has 4 rings (SSSR count). The Kier molecular flexibility index (Phi) is 5.42. The van der Waals surface area contributed by atoms with E-state index in [-0.39, 0.29) is 24.2 Å². The molecule has 156 valence electrons. The van der Waals surface area contributed by atoms with Crippen LogP contribution >= 0.6 is 0 Å². The van der Waals surface area contributed by atoms with Crippen molar-refractivity contribution in [1.29, 1.82) is 0 Å². The summed E-state index contributed by atoms with van der Waals surface area (Å²) in [5.74, 6) is -0.707. The fraction of sp³-hybridized carbons (Fsp3) is 0.571. The molecule has 2 saturated heterocycles. The Bertz CT molecular complexity index is 834. The molecule has 8 heteroatoms. The standard InChI is InChI=1S/C21H28N4O4/c1-13(21(29)6-7-22-12-21)9-23-10-14-2-3-15-11-25(20(28)16(15)8-14)17-4-5-18(26)24-19(17)27/h2-3,8,13,17,22-23,29H,4-7,9-12H2,1H3,(H,24,26,27). The molecule has 2 fully saturated rings. The third-order valence-electron chi connectivity index (χ3n) is 6.46. The van der Waals surface area contributed by atoms with Gasteiger partial charge in [0.25, 0.3) is 5.91 Å². The van der Waals surface area contributed by atoms with E-state index in [0.29, 0.717) is 38.2 Å². The molecule has 1 aromatic rings. The van der Waals surface area contributed by atoms with E-state index < -0.39 is 17.6 Å². The van der Waals surface area contributed by atoms with E-state index in [2.05, 4.69) is 16.0 Å². The van der Waals surface area contributed by atoms with Crippen LogP contribution in [0.4, 0.5) is 0 Å². The number of benzene rings is 1. The van der Waals surface area contributed by atoms with Crippen molar-refractivity contribution in [2.75, 3.05) is 19.6 Å². The molecule has 3 aliphatic heterocycles. The van der Waals surface area contributed by atoms with Crippen LogP contribution in [0.25, 0.3) is 0 Å². The highest BCUT2D eigenvalue weighted by molar-refractivity contribution is 6.05. The largest absolute Gasteiger partial charge is 0.388 e. The fourth-order valence-electron chi connectivity index (χ4n) is 4.45. The molecule has 0 spiro atoms. The molecular weight excluding hydrogens is 372 g/mol. The SMILES string of the molecule is CC(CNCc1ccc2c(c1)C(=O)N(C1CCC(=O)NC1=O)C2)C1(O)CCNC1. The van der Waals surface area contributed by atoms with Crippen LogP contribution in [0.15, 0.2) is 18.2 Å². The molecule has 3 unspecified atom stereocenters. The summed E-state index contributed by atoms with van der Waals surface area (Å²) in [6.07, 6.45) is 1.39. The van der Waals surface area contributed by atoms with Gasteiger partial charge in [-0.1, -0.05) is 19.1 Å². The van der Waals surface area contributed by atoms with Gasteiger partial charge in [-0.05, 0) is 42.5 Å². The average Bonchev–Trinajstić information content (AvgIpc) is 3.27. The van der Waals surface area contributed by atoms with Crippen LogP contribution in [-0.2, 0) is 22.7 Å². The average molecular weight is 400 g/mol. The number of carbonyl (C=O) groups is 3. The number of fused-ring (bicyclic) bond motifs is 1. The van der Waals surface area contributed by atoms with E-state index in [0.717, 1.165) is 24.1 Å². The molecule has 0 aliphatic carbocycles. The van der Waals surface area contributed by atoms with Gasteiger partial charge in [0.1, 0.15) is 6.04 Å². The summed E-state index contributed by atoms with van der Waals surface area (Å²) in [5, 5.41) is 19.5. The second-order valence-corrected chi connectivity index (χ2v) is 8.45. The topological polar surface area (TPSA) is 111 Å². The van der Waals surface area contributed by atoms with Gasteiger partial charge in [-0.25, -0.2) is 0 Å². The molecule has 0 aromatic heterocycles. The lowest BCUT2D eigenvalue weighted by molar-refractivity contribution is -0.136. The normalized spacial score (nSPS) is 27.9. The number of rotatable bonds is 6. The van der Waals surface area contributed by atoms with E-state index in [4.69, 9.17) is 0 Å². The molecule has 8 nitrogen and oxygen atoms in total. The number of carbonyl (C=O) groups excluding carboxylic acids is 3. The summed E-state index contributed by atoms with van der Waals surface area (Å²) in [4.78, 5) is 37.9. The Morgan fingerprint density at radius 1 is 1.34 bits per heavy atom. The van der Waals surface area contributed by atoms with Gasteiger partial charge >= 0.3 is 0 Å². The van der Waals surface area contributed by atoms with Crippen LogP contribution in [-0.4, -0.2) is 59.0 Å². The maximum absolute atomic E-state index is 12.9. The Morgan fingerprint density at radius 3 is 2.90 bits per heavy atom. The maximum atomic E-state index is 12.9. The lowest BCUT2D eigenvalue weighted by Crippen LogP contribution is -2.52. The number of aliphatic hydroxyl groups is 1. The predicted octanol–water partition coefficient (Wildman–Crippen LogP) is -0.102. The minimum atomic E-state index is -0.663. The molecule has 0 saturated carbocycles. The lowest BCUT2D eigenvalue weighted by Gasteiger charge is -2.29. The van der Waals surface area contributed by atoms with Crippen LogP contribution in [0.2, 0.25) is 0 Å². The molecule has 29 heavy (non-hydrogen) atoms. The van der Waals surface area contributed by atoms with E-state index in [1.165, 1.54) is 0 Å². The monoisotopic (exact) mass is 400 g/mol. The summed E-state index contributed by atoms with van der Waals surface area (Å²) < 4.78 is 0. The first-order valence-electron chi connectivity index (χ1n) is 10.3. The Hall–Kier alpha value is -2.29. The maximum Gasteiger partial charge on any atom is 0.255 e. The third kappa shape index (κ3) is 3.92. The quantitative estimate of drug-likeness (QED) is 0.496. The van der Waals surface area contributed by atoms with Crippen LogP contribution in [0.5, 0.6) is 0 Å². The number of piperidine rings is 1. The van der Waals surface area contributed by atoms with Gasteiger partial charge in [0, 0.05) is 38.2 Å². The minimum absolute atomic E-state index is 0.122. The Labute approximate surface area is 170 Å². The van der Waals surface area contributed by atoms with Gasteiger partial charge in [-0.2, -0.15) is 0 Å². The summed E-state index contributed by atoms with van der Waals surface area (Å²) >= 11 is 0. The highest BCUT2D eigenvalue weighted by Crippen LogP contribution is 2.28. The zero-order chi connectivity index (χ0) is 20.6. The molecule has 4 N–H and O–H groups in total. The molecule has 0 bridgehead atoms. The minimum Gasteiger partial charge on any atom is -0.388 e. The van der Waals surface area contributed by atoms with Crippen molar-refractivity contribution in [2.45, 2.75) is 50.9 Å². The van der Waals surface area contributed by atoms with Crippen molar-refractivity contribution < 1.29 is 19.5 Å². The molecule has 3 heterocycles. The molecule has 3 aliphatic rings. The summed E-state index contributed by atoms with van der Waals surface area (Å²) in [6, 6.07) is 5.22. The fourth-order valence-corrected chi connectivity index (χ4v) is 4.45. The highest BCUT2D eigenvalue weighted by Gasteiger charge is 2.39. The van der Waals surface area contributed by atoms with Gasteiger partial charge in [0.05, 0.1) is 5.60 Å². The first kappa shape index (κ1) is 20.0. The third-order valence-corrected chi connectivity index (χ3v) is 6.46. The van der Waals surface area contributed by atoms with E-state index in [1.807, 2.05) is 25.1 Å². The van der Waals surface area contributed by atoms with Gasteiger partial charge in [-0.3, -0.25) is 19.7 Å². The van der Waals surface area contributed by atoms with Gasteiger partial charge in [-0.15, -0.1) is 0 Å². The number of hydrogen-bond donors (Lipinski definition) is 4. The molecule has 3 amide bonds. The van der Waals surface area contributed by atoms with Crippen molar-refractivity contribution in [3.63, 3.8) is 0 Å². The second kappa shape index (κ2) is 7.85. The highest BCUT2D eigenvalue weighted by atomic mass is 16.3. The number of amides is 3. The van der Waals surface area contributed by atoms with Crippen LogP contribution < -0.4 is 16.0 Å². The van der Waals surface area contributed by atoms with Crippen LogP contribution in [0.3, 0.4) is 0 Å². The van der Waals surface area contributed by atoms with Crippen molar-refractivity contribution >= 4 is 17.7 Å². The van der Waals surface area contributed by atoms with Crippen LogP contribution in [0.1, 0.15) is 47.7 Å². The number of imide groups is 1. The zero-order valence-electron chi connectivity index (χ0n) is 16.7. The Morgan fingerprint density at radius 2 is 2.17 bits per heavy atom. The van der Waals surface area contributed by atoms with Crippen LogP contribution in [0, 0.1) is 5.92 Å². The first-order chi connectivity index (χ1) is 13.9. The van der Waals surface area contributed by atoms with Crippen molar-refractivity contribution in [1.82, 2.24) is 20.9 Å². The van der Waals surface area contributed by atoms with E-state index >= 15 is 0 Å². The van der Waals surface area contributed by atoms with Gasteiger partial charge in [0.2, 0.25) is 11.8 Å². The summed E-state index contributed by atoms with van der Waals surface area (Å²) in [7, 11) is 0. The van der Waals surface area contributed by atoms with Crippen molar-refractivity contribution in [3.8, 4) is 0 Å². The number of β-amino-alcohol motifs (C(OH)–C–C–N with tert-alkyl or cyclic N) is 1. The first-order valence-corrected chi connectivity index (χ1v) is 10.3. The molecule has 0 radical (unpaired) electrons. The molecule has 1 aromatic carbocycles. The predicted molar refractivity (Wildman–Crippen MR) is 106 cm³/mol. The Balaban J connectivity index is 1.36. The van der Waals surface area contributed by atoms with Crippen molar-refractivity contribution in [2.24, 2.45) is 5.92 Å².